The van der Waals surface area contributed by atoms with Crippen LogP contribution >= 0.6 is 0 Å². The predicted molar refractivity (Wildman–Crippen MR) is 244 cm³/mol. The molecule has 0 amide bonds. The van der Waals surface area contributed by atoms with Crippen molar-refractivity contribution in [2.75, 3.05) is 4.90 Å². The second-order valence-corrected chi connectivity index (χ2v) is 15.8. The molecule has 0 saturated carbocycles. The average Bonchev–Trinajstić information content (AvgIpc) is 3.69. The van der Waals surface area contributed by atoms with Gasteiger partial charge >= 0.3 is 0 Å². The van der Waals surface area contributed by atoms with Gasteiger partial charge in [-0.25, -0.2) is 0 Å². The largest absolute Gasteiger partial charge is 0.460 e. The second-order valence-electron chi connectivity index (χ2n) is 15.8. The van der Waals surface area contributed by atoms with E-state index in [9.17, 15) is 0 Å². The number of hydrogen-bond acceptors (Lipinski definition) is 2. The Kier molecular flexibility index (Phi) is 8.62. The first-order valence-corrected chi connectivity index (χ1v) is 20.7. The van der Waals surface area contributed by atoms with E-state index in [2.05, 4.69) is 217 Å². The average molecular weight is 746 g/mol. The molecule has 11 rings (SSSR count). The van der Waals surface area contributed by atoms with Crippen LogP contribution in [-0.4, -0.2) is 6.04 Å². The van der Waals surface area contributed by atoms with Gasteiger partial charge in [0.25, 0.3) is 0 Å². The van der Waals surface area contributed by atoms with Crippen molar-refractivity contribution < 1.29 is 4.42 Å². The summed E-state index contributed by atoms with van der Waals surface area (Å²) in [5.41, 5.74) is 13.2. The number of nitrogens with zero attached hydrogens (tertiary/aromatic N) is 1. The molecule has 0 spiro atoms. The number of benzene rings is 6. The highest BCUT2D eigenvalue weighted by Crippen LogP contribution is 2.52. The summed E-state index contributed by atoms with van der Waals surface area (Å²) < 4.78 is 7.00. The number of allylic oxidation sites excluding steroid dienone is 10. The predicted octanol–water partition coefficient (Wildman–Crippen LogP) is 14.8. The topological polar surface area (TPSA) is 16.4 Å². The molecule has 0 aliphatic heterocycles. The third kappa shape index (κ3) is 5.96. The van der Waals surface area contributed by atoms with Crippen LogP contribution in [0.2, 0.25) is 0 Å². The van der Waals surface area contributed by atoms with E-state index in [4.69, 9.17) is 4.42 Å². The van der Waals surface area contributed by atoms with Crippen molar-refractivity contribution in [2.45, 2.75) is 24.8 Å². The lowest BCUT2D eigenvalue weighted by molar-refractivity contribution is 0.496. The molecule has 4 aliphatic carbocycles. The molecule has 4 atom stereocenters. The van der Waals surface area contributed by atoms with Crippen LogP contribution in [0.4, 0.5) is 11.4 Å². The summed E-state index contributed by atoms with van der Waals surface area (Å²) in [6.07, 6.45) is 30.0. The van der Waals surface area contributed by atoms with Crippen molar-refractivity contribution >= 4 is 44.8 Å². The monoisotopic (exact) mass is 745 g/mol. The molecule has 4 unspecified atom stereocenters. The van der Waals surface area contributed by atoms with Gasteiger partial charge in [-0.05, 0) is 92.9 Å². The Labute approximate surface area is 340 Å². The summed E-state index contributed by atoms with van der Waals surface area (Å²) in [6.45, 7) is 0. The van der Waals surface area contributed by atoms with Crippen LogP contribution in [0.5, 0.6) is 0 Å². The van der Waals surface area contributed by atoms with Crippen molar-refractivity contribution in [2.24, 2.45) is 11.8 Å². The maximum atomic E-state index is 7.00. The van der Waals surface area contributed by atoms with E-state index in [-0.39, 0.29) is 23.8 Å². The van der Waals surface area contributed by atoms with Gasteiger partial charge in [-0.3, -0.25) is 0 Å². The number of furan rings is 1. The van der Waals surface area contributed by atoms with Crippen LogP contribution in [0.3, 0.4) is 0 Å². The normalized spacial score (nSPS) is 20.5. The molecule has 6 aromatic carbocycles. The van der Waals surface area contributed by atoms with E-state index in [1.54, 1.807) is 0 Å². The van der Waals surface area contributed by atoms with Crippen LogP contribution < -0.4 is 4.90 Å². The maximum Gasteiger partial charge on any atom is 0.137 e. The minimum absolute atomic E-state index is 0.0431. The number of anilines is 2. The summed E-state index contributed by atoms with van der Waals surface area (Å²) >= 11 is 0. The molecular weight excluding hydrogens is 703 g/mol. The van der Waals surface area contributed by atoms with E-state index in [1.165, 1.54) is 55.3 Å². The van der Waals surface area contributed by atoms with Crippen molar-refractivity contribution in [3.8, 4) is 22.3 Å². The highest BCUT2D eigenvalue weighted by Gasteiger charge is 2.37. The highest BCUT2D eigenvalue weighted by molar-refractivity contribution is 6.07. The molecule has 2 nitrogen and oxygen atoms in total. The van der Waals surface area contributed by atoms with Crippen LogP contribution in [-0.2, 0) is 0 Å². The smallest absolute Gasteiger partial charge is 0.137 e. The molecular formula is C56H43NO. The van der Waals surface area contributed by atoms with Gasteiger partial charge in [-0.2, -0.15) is 0 Å². The minimum Gasteiger partial charge on any atom is -0.460 e. The first kappa shape index (κ1) is 34.4. The Morgan fingerprint density at radius 3 is 1.97 bits per heavy atom. The first-order valence-electron chi connectivity index (χ1n) is 20.7. The lowest BCUT2D eigenvalue weighted by atomic mass is 9.73. The lowest BCUT2D eigenvalue weighted by Crippen LogP contribution is -2.37. The van der Waals surface area contributed by atoms with Crippen molar-refractivity contribution in [3.63, 3.8) is 0 Å². The fourth-order valence-electron chi connectivity index (χ4n) is 9.71. The van der Waals surface area contributed by atoms with E-state index < -0.39 is 0 Å². The highest BCUT2D eigenvalue weighted by atomic mass is 16.3. The quantitative estimate of drug-likeness (QED) is 0.162. The summed E-state index contributed by atoms with van der Waals surface area (Å²) in [6, 6.07) is 50.8. The summed E-state index contributed by atoms with van der Waals surface area (Å²) in [4.78, 5) is 2.57. The molecule has 0 N–H and O–H groups in total. The molecule has 278 valence electrons. The number of rotatable bonds is 7. The fraction of sp³-hybridized carbons (Fsp3) is 0.107. The molecule has 2 heteroatoms. The molecule has 7 aromatic rings. The zero-order chi connectivity index (χ0) is 38.4. The lowest BCUT2D eigenvalue weighted by Gasteiger charge is -2.39. The molecule has 0 saturated heterocycles. The molecule has 1 aromatic heterocycles. The number of hydrogen-bond donors (Lipinski definition) is 0. The Balaban J connectivity index is 1.08. The summed E-state index contributed by atoms with van der Waals surface area (Å²) in [5, 5.41) is 3.70. The second kappa shape index (κ2) is 14.6. The SMILES string of the molecule is C1=CC2C(c3cccc4ccccc34)=Cc3c(oc4cccc(N(c5ccc(-c6ccc(-c7ccccc7)cc6)cc5)C5C=CC=CC5C5=CCCC=C5)c34)C2C=C1. The maximum absolute atomic E-state index is 7.00. The zero-order valence-corrected chi connectivity index (χ0v) is 32.3. The summed E-state index contributed by atoms with van der Waals surface area (Å²) in [5.74, 6) is 1.50. The molecule has 0 bridgehead atoms. The van der Waals surface area contributed by atoms with Crippen LogP contribution in [0.15, 0.2) is 216 Å². The fourth-order valence-corrected chi connectivity index (χ4v) is 9.71. The van der Waals surface area contributed by atoms with Gasteiger partial charge in [0, 0.05) is 29.0 Å². The zero-order valence-electron chi connectivity index (χ0n) is 32.3. The Hall–Kier alpha value is -6.90. The van der Waals surface area contributed by atoms with E-state index in [1.807, 2.05) is 0 Å². The molecule has 0 radical (unpaired) electrons. The van der Waals surface area contributed by atoms with E-state index >= 15 is 0 Å². The van der Waals surface area contributed by atoms with E-state index in [0.29, 0.717) is 0 Å². The van der Waals surface area contributed by atoms with Gasteiger partial charge in [-0.15, -0.1) is 0 Å². The van der Waals surface area contributed by atoms with Crippen LogP contribution in [0.25, 0.3) is 55.6 Å². The Morgan fingerprint density at radius 2 is 1.19 bits per heavy atom. The van der Waals surface area contributed by atoms with Gasteiger partial charge in [0.15, 0.2) is 0 Å². The Morgan fingerprint density at radius 1 is 0.534 bits per heavy atom. The number of fused-ring (bicyclic) bond motifs is 6. The standard InChI is InChI=1S/C56H43NO/c1-3-15-38(16-4-1)39-29-31-40(32-30-39)41-33-35-44(36-34-41)57(52-26-12-11-22-46(52)43-17-5-2-6-18-43)53-27-14-28-54-55(53)51-37-50(48-23-9-10-24-49(48)56(51)58-54)47-25-13-20-42-19-7-8-21-45(42)47/h1,3-5,7-37,46,48-49,52H,2,6H2. The van der Waals surface area contributed by atoms with Gasteiger partial charge in [0.05, 0.1) is 17.1 Å². The third-order valence-corrected chi connectivity index (χ3v) is 12.5. The molecule has 58 heavy (non-hydrogen) atoms. The summed E-state index contributed by atoms with van der Waals surface area (Å²) in [7, 11) is 0. The van der Waals surface area contributed by atoms with Gasteiger partial charge < -0.3 is 9.32 Å². The molecule has 0 fully saturated rings. The van der Waals surface area contributed by atoms with E-state index in [0.717, 1.165) is 40.9 Å². The van der Waals surface area contributed by atoms with Crippen LogP contribution in [0.1, 0.15) is 35.6 Å². The first-order chi connectivity index (χ1) is 28.8. The van der Waals surface area contributed by atoms with Gasteiger partial charge in [0.1, 0.15) is 11.3 Å². The van der Waals surface area contributed by atoms with Crippen molar-refractivity contribution in [1.29, 1.82) is 0 Å². The third-order valence-electron chi connectivity index (χ3n) is 12.5. The molecule has 1 heterocycles. The van der Waals surface area contributed by atoms with Crippen LogP contribution in [0, 0.1) is 11.8 Å². The molecule has 4 aliphatic rings. The van der Waals surface area contributed by atoms with Crippen molar-refractivity contribution in [3.05, 3.63) is 229 Å². The Bertz CT molecular complexity index is 2890. The minimum atomic E-state index is 0.0431. The van der Waals surface area contributed by atoms with Gasteiger partial charge in [-0.1, -0.05) is 182 Å². The van der Waals surface area contributed by atoms with Crippen molar-refractivity contribution in [1.82, 2.24) is 0 Å². The van der Waals surface area contributed by atoms with Gasteiger partial charge in [0.2, 0.25) is 0 Å².